The van der Waals surface area contributed by atoms with Gasteiger partial charge < -0.3 is 15.0 Å². The number of para-hydroxylation sites is 1. The van der Waals surface area contributed by atoms with Gasteiger partial charge in [0.25, 0.3) is 0 Å². The molecule has 2 aromatic rings. The molecule has 2 N–H and O–H groups in total. The van der Waals surface area contributed by atoms with Crippen LogP contribution in [0.2, 0.25) is 0 Å². The van der Waals surface area contributed by atoms with Crippen LogP contribution < -0.4 is 10.5 Å². The van der Waals surface area contributed by atoms with Gasteiger partial charge in [-0.3, -0.25) is 0 Å². The fourth-order valence-electron chi connectivity index (χ4n) is 2.15. The van der Waals surface area contributed by atoms with E-state index in [1.807, 2.05) is 18.4 Å². The number of benzene rings is 1. The number of rotatable bonds is 5. The van der Waals surface area contributed by atoms with E-state index in [0.717, 1.165) is 18.8 Å². The van der Waals surface area contributed by atoms with Gasteiger partial charge in [-0.15, -0.1) is 0 Å². The van der Waals surface area contributed by atoms with Crippen molar-refractivity contribution in [3.05, 3.63) is 30.1 Å². The molecule has 1 aromatic carbocycles. The van der Waals surface area contributed by atoms with Gasteiger partial charge in [0.1, 0.15) is 23.1 Å². The standard InChI is InChI=1S/C14H17F2N3O/c1-3-8-19-9(2)18-12(13(19)17)10-6-4-5-7-11(10)20-14(15)16/h4-7,14H,3,8,17H2,1-2H3. The van der Waals surface area contributed by atoms with Crippen LogP contribution in [0.3, 0.4) is 0 Å². The number of halogens is 2. The van der Waals surface area contributed by atoms with Crippen LogP contribution in [-0.4, -0.2) is 16.2 Å². The normalized spacial score (nSPS) is 11.1. The number of hydrogen-bond acceptors (Lipinski definition) is 3. The second kappa shape index (κ2) is 5.90. The molecular formula is C14H17F2N3O. The van der Waals surface area contributed by atoms with Crippen LogP contribution in [0.15, 0.2) is 24.3 Å². The summed E-state index contributed by atoms with van der Waals surface area (Å²) in [6.07, 6.45) is 0.913. The molecule has 0 atom stereocenters. The molecule has 6 heteroatoms. The molecule has 1 heterocycles. The van der Waals surface area contributed by atoms with Crippen LogP contribution in [0.1, 0.15) is 19.2 Å². The Kier molecular flexibility index (Phi) is 4.22. The minimum absolute atomic E-state index is 0.0790. The molecule has 0 spiro atoms. The van der Waals surface area contributed by atoms with E-state index < -0.39 is 6.61 Å². The van der Waals surface area contributed by atoms with E-state index in [2.05, 4.69) is 9.72 Å². The number of aryl methyl sites for hydroxylation is 1. The Hall–Kier alpha value is -2.11. The summed E-state index contributed by atoms with van der Waals surface area (Å²) in [5, 5.41) is 0. The number of nitrogens with zero attached hydrogens (tertiary/aromatic N) is 2. The Morgan fingerprint density at radius 3 is 2.70 bits per heavy atom. The molecule has 0 fully saturated rings. The quantitative estimate of drug-likeness (QED) is 0.913. The van der Waals surface area contributed by atoms with Crippen LogP contribution in [0.5, 0.6) is 5.75 Å². The molecule has 0 amide bonds. The van der Waals surface area contributed by atoms with Gasteiger partial charge in [-0.1, -0.05) is 19.1 Å². The zero-order valence-electron chi connectivity index (χ0n) is 11.4. The van der Waals surface area contributed by atoms with E-state index in [-0.39, 0.29) is 5.75 Å². The third-order valence-electron chi connectivity index (χ3n) is 3.00. The molecule has 0 saturated carbocycles. The SMILES string of the molecule is CCCn1c(C)nc(-c2ccccc2OC(F)F)c1N. The van der Waals surface area contributed by atoms with Crippen LogP contribution in [-0.2, 0) is 6.54 Å². The lowest BCUT2D eigenvalue weighted by molar-refractivity contribution is -0.0494. The number of nitrogens with two attached hydrogens (primary N) is 1. The summed E-state index contributed by atoms with van der Waals surface area (Å²) >= 11 is 0. The van der Waals surface area contributed by atoms with Crippen LogP contribution in [0, 0.1) is 6.92 Å². The highest BCUT2D eigenvalue weighted by Gasteiger charge is 2.18. The molecule has 1 aromatic heterocycles. The van der Waals surface area contributed by atoms with Crippen molar-refractivity contribution in [2.75, 3.05) is 5.73 Å². The number of imidazole rings is 1. The monoisotopic (exact) mass is 281 g/mol. The maximum atomic E-state index is 12.4. The summed E-state index contributed by atoms with van der Waals surface area (Å²) < 4.78 is 31.3. The first-order valence-electron chi connectivity index (χ1n) is 6.41. The van der Waals surface area contributed by atoms with Gasteiger partial charge >= 0.3 is 6.61 Å². The second-order valence-electron chi connectivity index (χ2n) is 4.42. The fourth-order valence-corrected chi connectivity index (χ4v) is 2.15. The number of hydrogen-bond donors (Lipinski definition) is 1. The highest BCUT2D eigenvalue weighted by atomic mass is 19.3. The van der Waals surface area contributed by atoms with E-state index in [4.69, 9.17) is 5.73 Å². The third-order valence-corrected chi connectivity index (χ3v) is 3.00. The van der Waals surface area contributed by atoms with Crippen molar-refractivity contribution in [1.29, 1.82) is 0 Å². The van der Waals surface area contributed by atoms with E-state index in [1.165, 1.54) is 6.07 Å². The molecule has 4 nitrogen and oxygen atoms in total. The summed E-state index contributed by atoms with van der Waals surface area (Å²) in [5.74, 6) is 1.30. The molecule has 2 rings (SSSR count). The largest absolute Gasteiger partial charge is 0.434 e. The Balaban J connectivity index is 2.49. The molecule has 0 aliphatic heterocycles. The average Bonchev–Trinajstić information content (AvgIpc) is 2.67. The Morgan fingerprint density at radius 1 is 1.35 bits per heavy atom. The molecule has 0 radical (unpaired) electrons. The number of ether oxygens (including phenoxy) is 1. The van der Waals surface area contributed by atoms with Gasteiger partial charge in [-0.2, -0.15) is 8.78 Å². The van der Waals surface area contributed by atoms with Crippen molar-refractivity contribution in [3.63, 3.8) is 0 Å². The van der Waals surface area contributed by atoms with Gasteiger partial charge in [-0.25, -0.2) is 4.98 Å². The zero-order chi connectivity index (χ0) is 14.7. The van der Waals surface area contributed by atoms with Gasteiger partial charge in [0.2, 0.25) is 0 Å². The van der Waals surface area contributed by atoms with E-state index in [0.29, 0.717) is 17.1 Å². The predicted molar refractivity (Wildman–Crippen MR) is 73.7 cm³/mol. The van der Waals surface area contributed by atoms with Crippen LogP contribution in [0.4, 0.5) is 14.6 Å². The molecule has 20 heavy (non-hydrogen) atoms. The number of aromatic nitrogens is 2. The van der Waals surface area contributed by atoms with Crippen molar-refractivity contribution in [2.24, 2.45) is 0 Å². The van der Waals surface area contributed by atoms with Crippen molar-refractivity contribution < 1.29 is 13.5 Å². The Morgan fingerprint density at radius 2 is 2.05 bits per heavy atom. The summed E-state index contributed by atoms with van der Waals surface area (Å²) in [7, 11) is 0. The van der Waals surface area contributed by atoms with Crippen molar-refractivity contribution in [3.8, 4) is 17.0 Å². The van der Waals surface area contributed by atoms with Crippen molar-refractivity contribution in [2.45, 2.75) is 33.4 Å². The molecule has 0 aliphatic carbocycles. The lowest BCUT2D eigenvalue weighted by Crippen LogP contribution is -2.05. The van der Waals surface area contributed by atoms with Gasteiger partial charge in [-0.05, 0) is 25.5 Å². The molecule has 108 valence electrons. The maximum absolute atomic E-state index is 12.4. The maximum Gasteiger partial charge on any atom is 0.387 e. The Bertz CT molecular complexity index is 596. The smallest absolute Gasteiger partial charge is 0.387 e. The summed E-state index contributed by atoms with van der Waals surface area (Å²) in [4.78, 5) is 4.38. The highest BCUT2D eigenvalue weighted by molar-refractivity contribution is 5.76. The van der Waals surface area contributed by atoms with E-state index in [1.54, 1.807) is 18.2 Å². The molecule has 0 bridgehead atoms. The lowest BCUT2D eigenvalue weighted by Gasteiger charge is -2.10. The zero-order valence-corrected chi connectivity index (χ0v) is 11.4. The van der Waals surface area contributed by atoms with Gasteiger partial charge in [0.05, 0.1) is 0 Å². The topological polar surface area (TPSA) is 53.1 Å². The predicted octanol–water partition coefficient (Wildman–Crippen LogP) is 3.45. The second-order valence-corrected chi connectivity index (χ2v) is 4.42. The van der Waals surface area contributed by atoms with Crippen molar-refractivity contribution in [1.82, 2.24) is 9.55 Å². The average molecular weight is 281 g/mol. The van der Waals surface area contributed by atoms with Gasteiger partial charge in [0, 0.05) is 12.1 Å². The molecule has 0 aliphatic rings. The molecule has 0 unspecified atom stereocenters. The van der Waals surface area contributed by atoms with Gasteiger partial charge in [0.15, 0.2) is 0 Å². The minimum Gasteiger partial charge on any atom is -0.434 e. The molecule has 0 saturated heterocycles. The fraction of sp³-hybridized carbons (Fsp3) is 0.357. The number of anilines is 1. The van der Waals surface area contributed by atoms with E-state index in [9.17, 15) is 8.78 Å². The molecular weight excluding hydrogens is 264 g/mol. The summed E-state index contributed by atoms with van der Waals surface area (Å²) in [6, 6.07) is 6.52. The lowest BCUT2D eigenvalue weighted by atomic mass is 10.1. The third kappa shape index (κ3) is 2.74. The van der Waals surface area contributed by atoms with Crippen molar-refractivity contribution >= 4 is 5.82 Å². The van der Waals surface area contributed by atoms with E-state index >= 15 is 0 Å². The first kappa shape index (κ1) is 14.3. The summed E-state index contributed by atoms with van der Waals surface area (Å²) in [6.45, 7) is 1.73. The highest BCUT2D eigenvalue weighted by Crippen LogP contribution is 2.34. The van der Waals surface area contributed by atoms with Crippen LogP contribution in [0.25, 0.3) is 11.3 Å². The van der Waals surface area contributed by atoms with Crippen LogP contribution >= 0.6 is 0 Å². The number of alkyl halides is 2. The Labute approximate surface area is 116 Å². The first-order chi connectivity index (χ1) is 9.54. The first-order valence-corrected chi connectivity index (χ1v) is 6.41. The summed E-state index contributed by atoms with van der Waals surface area (Å²) in [5.41, 5.74) is 7.03. The minimum atomic E-state index is -2.88. The number of nitrogen functional groups attached to an aromatic ring is 1.